The molecule has 1 aliphatic rings. The van der Waals surface area contributed by atoms with Crippen LogP contribution < -0.4 is 16.2 Å². The molecule has 0 aliphatic carbocycles. The SMILES string of the molecule is Cc1csc(CCCCNC(=O)C2CC(c3cccc(Cl)c3)NN2)n1. The average molecular weight is 379 g/mol. The van der Waals surface area contributed by atoms with Crippen LogP contribution in [-0.4, -0.2) is 23.5 Å². The van der Waals surface area contributed by atoms with Gasteiger partial charge >= 0.3 is 0 Å². The Morgan fingerprint density at radius 3 is 3.04 bits per heavy atom. The van der Waals surface area contributed by atoms with Crippen molar-refractivity contribution in [2.75, 3.05) is 6.54 Å². The summed E-state index contributed by atoms with van der Waals surface area (Å²) in [5, 5.41) is 6.98. The number of unbranched alkanes of at least 4 members (excludes halogenated alkanes) is 1. The van der Waals surface area contributed by atoms with Crippen LogP contribution in [0.15, 0.2) is 29.6 Å². The zero-order chi connectivity index (χ0) is 17.6. The molecule has 3 rings (SSSR count). The molecule has 1 aromatic carbocycles. The third-order valence-corrected chi connectivity index (χ3v) is 5.52. The summed E-state index contributed by atoms with van der Waals surface area (Å²) in [6.07, 6.45) is 3.69. The Labute approximate surface area is 157 Å². The second kappa shape index (κ2) is 8.76. The average Bonchev–Trinajstić information content (AvgIpc) is 3.24. The summed E-state index contributed by atoms with van der Waals surface area (Å²) in [6.45, 7) is 2.71. The Morgan fingerprint density at radius 1 is 1.40 bits per heavy atom. The van der Waals surface area contributed by atoms with E-state index in [1.54, 1.807) is 11.3 Å². The number of hydrogen-bond donors (Lipinski definition) is 3. The first-order valence-electron chi connectivity index (χ1n) is 8.57. The first-order chi connectivity index (χ1) is 12.1. The largest absolute Gasteiger partial charge is 0.355 e. The Morgan fingerprint density at radius 2 is 2.28 bits per heavy atom. The number of aryl methyl sites for hydroxylation is 2. The predicted molar refractivity (Wildman–Crippen MR) is 102 cm³/mol. The van der Waals surface area contributed by atoms with Crippen LogP contribution in [0, 0.1) is 6.92 Å². The topological polar surface area (TPSA) is 66.1 Å². The molecule has 0 spiro atoms. The number of hydrazine groups is 1. The maximum Gasteiger partial charge on any atom is 0.238 e. The van der Waals surface area contributed by atoms with Crippen molar-refractivity contribution in [3.8, 4) is 0 Å². The maximum atomic E-state index is 12.3. The van der Waals surface area contributed by atoms with Crippen LogP contribution in [0.5, 0.6) is 0 Å². The summed E-state index contributed by atoms with van der Waals surface area (Å²) in [4.78, 5) is 16.7. The fraction of sp³-hybridized carbons (Fsp3) is 0.444. The van der Waals surface area contributed by atoms with Gasteiger partial charge in [0.15, 0.2) is 0 Å². The van der Waals surface area contributed by atoms with E-state index < -0.39 is 0 Å². The van der Waals surface area contributed by atoms with Crippen LogP contribution in [0.2, 0.25) is 5.02 Å². The Hall–Kier alpha value is -1.47. The van der Waals surface area contributed by atoms with Crippen molar-refractivity contribution in [1.29, 1.82) is 0 Å². The van der Waals surface area contributed by atoms with Crippen molar-refractivity contribution in [2.45, 2.75) is 44.7 Å². The molecule has 25 heavy (non-hydrogen) atoms. The van der Waals surface area contributed by atoms with Gasteiger partial charge in [-0.2, -0.15) is 0 Å². The summed E-state index contributed by atoms with van der Waals surface area (Å²) >= 11 is 7.74. The highest BCUT2D eigenvalue weighted by Gasteiger charge is 2.29. The molecule has 2 heterocycles. The number of hydrogen-bond acceptors (Lipinski definition) is 5. The quantitative estimate of drug-likeness (QED) is 0.647. The van der Waals surface area contributed by atoms with Crippen LogP contribution >= 0.6 is 22.9 Å². The fourth-order valence-electron chi connectivity index (χ4n) is 2.92. The number of carbonyl (C=O) groups excluding carboxylic acids is 1. The Bertz CT molecular complexity index is 721. The summed E-state index contributed by atoms with van der Waals surface area (Å²) in [5.74, 6) is 0.0436. The monoisotopic (exact) mass is 378 g/mol. The summed E-state index contributed by atoms with van der Waals surface area (Å²) in [5.41, 5.74) is 8.44. The number of nitrogens with zero attached hydrogens (tertiary/aromatic N) is 1. The van der Waals surface area contributed by atoms with E-state index in [1.807, 2.05) is 31.2 Å². The minimum atomic E-state index is -0.217. The highest BCUT2D eigenvalue weighted by atomic mass is 35.5. The van der Waals surface area contributed by atoms with E-state index in [0.29, 0.717) is 18.0 Å². The minimum Gasteiger partial charge on any atom is -0.355 e. The summed E-state index contributed by atoms with van der Waals surface area (Å²) in [6, 6.07) is 7.61. The minimum absolute atomic E-state index is 0.0436. The van der Waals surface area contributed by atoms with Gasteiger partial charge < -0.3 is 5.32 Å². The highest BCUT2D eigenvalue weighted by Crippen LogP contribution is 2.24. The highest BCUT2D eigenvalue weighted by molar-refractivity contribution is 7.09. The van der Waals surface area contributed by atoms with Crippen molar-refractivity contribution in [2.24, 2.45) is 0 Å². The molecular weight excluding hydrogens is 356 g/mol. The third-order valence-electron chi connectivity index (χ3n) is 4.25. The lowest BCUT2D eigenvalue weighted by Crippen LogP contribution is -2.43. The van der Waals surface area contributed by atoms with Crippen molar-refractivity contribution >= 4 is 28.8 Å². The molecule has 1 saturated heterocycles. The molecule has 2 aromatic rings. The normalized spacial score (nSPS) is 19.9. The van der Waals surface area contributed by atoms with Gasteiger partial charge in [-0.15, -0.1) is 11.3 Å². The first-order valence-corrected chi connectivity index (χ1v) is 9.83. The van der Waals surface area contributed by atoms with E-state index in [2.05, 4.69) is 26.5 Å². The number of carbonyl (C=O) groups is 1. The van der Waals surface area contributed by atoms with Crippen molar-refractivity contribution in [1.82, 2.24) is 21.2 Å². The van der Waals surface area contributed by atoms with E-state index in [4.69, 9.17) is 11.6 Å². The molecule has 1 fully saturated rings. The predicted octanol–water partition coefficient (Wildman–Crippen LogP) is 3.15. The maximum absolute atomic E-state index is 12.3. The van der Waals surface area contributed by atoms with Crippen LogP contribution in [-0.2, 0) is 11.2 Å². The molecule has 1 amide bonds. The fourth-order valence-corrected chi connectivity index (χ4v) is 3.94. The number of rotatable bonds is 7. The van der Waals surface area contributed by atoms with Gasteiger partial charge in [0, 0.05) is 28.7 Å². The first kappa shape index (κ1) is 18.3. The number of benzene rings is 1. The van der Waals surface area contributed by atoms with Gasteiger partial charge in [0.25, 0.3) is 0 Å². The van der Waals surface area contributed by atoms with Crippen LogP contribution in [0.25, 0.3) is 0 Å². The van der Waals surface area contributed by atoms with Gasteiger partial charge in [0.05, 0.1) is 5.01 Å². The van der Waals surface area contributed by atoms with E-state index in [9.17, 15) is 4.79 Å². The lowest BCUT2D eigenvalue weighted by atomic mass is 10.0. The second-order valence-corrected chi connectivity index (χ2v) is 7.69. The molecule has 2 atom stereocenters. The second-order valence-electron chi connectivity index (χ2n) is 6.32. The van der Waals surface area contributed by atoms with Crippen molar-refractivity contribution in [3.05, 3.63) is 50.9 Å². The van der Waals surface area contributed by atoms with Gasteiger partial charge in [-0.25, -0.2) is 15.8 Å². The third kappa shape index (κ3) is 5.25. The lowest BCUT2D eigenvalue weighted by molar-refractivity contribution is -0.122. The van der Waals surface area contributed by atoms with Crippen molar-refractivity contribution in [3.63, 3.8) is 0 Å². The van der Waals surface area contributed by atoms with Gasteiger partial charge in [0.2, 0.25) is 5.91 Å². The number of thiazole rings is 1. The number of nitrogens with one attached hydrogen (secondary N) is 3. The number of aromatic nitrogens is 1. The smallest absolute Gasteiger partial charge is 0.238 e. The number of amides is 1. The molecule has 1 aromatic heterocycles. The Kier molecular flexibility index (Phi) is 6.42. The standard InChI is InChI=1S/C18H23ClN4OS/c1-12-11-25-17(21-12)7-2-3-8-20-18(24)16-10-15(22-23-16)13-5-4-6-14(19)9-13/h4-6,9,11,15-16,22-23H,2-3,7-8,10H2,1H3,(H,20,24). The zero-order valence-electron chi connectivity index (χ0n) is 14.2. The summed E-state index contributed by atoms with van der Waals surface area (Å²) < 4.78 is 0. The molecule has 0 saturated carbocycles. The van der Waals surface area contributed by atoms with E-state index in [0.717, 1.165) is 30.5 Å². The van der Waals surface area contributed by atoms with Gasteiger partial charge in [0.1, 0.15) is 6.04 Å². The van der Waals surface area contributed by atoms with Crippen molar-refractivity contribution < 1.29 is 4.79 Å². The van der Waals surface area contributed by atoms with Crippen LogP contribution in [0.4, 0.5) is 0 Å². The van der Waals surface area contributed by atoms with Gasteiger partial charge in [-0.3, -0.25) is 4.79 Å². The molecule has 5 nitrogen and oxygen atoms in total. The zero-order valence-corrected chi connectivity index (χ0v) is 15.8. The molecule has 134 valence electrons. The van der Waals surface area contributed by atoms with Crippen LogP contribution in [0.1, 0.15) is 41.6 Å². The molecule has 3 N–H and O–H groups in total. The molecule has 2 unspecified atom stereocenters. The molecular formula is C18H23ClN4OS. The van der Waals surface area contributed by atoms with Gasteiger partial charge in [-0.1, -0.05) is 23.7 Å². The molecule has 0 bridgehead atoms. The van der Waals surface area contributed by atoms with Crippen LogP contribution in [0.3, 0.4) is 0 Å². The van der Waals surface area contributed by atoms with Gasteiger partial charge in [-0.05, 0) is 50.3 Å². The lowest BCUT2D eigenvalue weighted by Gasteiger charge is -2.11. The Balaban J connectivity index is 1.36. The molecule has 7 heteroatoms. The molecule has 1 aliphatic heterocycles. The van der Waals surface area contributed by atoms with E-state index in [1.165, 1.54) is 5.01 Å². The molecule has 0 radical (unpaired) electrons. The number of halogens is 1. The summed E-state index contributed by atoms with van der Waals surface area (Å²) in [7, 11) is 0. The van der Waals surface area contributed by atoms with E-state index >= 15 is 0 Å². The van der Waals surface area contributed by atoms with E-state index in [-0.39, 0.29) is 18.0 Å².